The molecule has 0 amide bonds. The fourth-order valence-corrected chi connectivity index (χ4v) is 0.361. The van der Waals surface area contributed by atoms with E-state index < -0.39 is 0 Å². The summed E-state index contributed by atoms with van der Waals surface area (Å²) >= 11 is 0. The minimum absolute atomic E-state index is 0.968. The van der Waals surface area contributed by atoms with Crippen molar-refractivity contribution >= 4 is 0 Å². The van der Waals surface area contributed by atoms with E-state index in [1.54, 1.807) is 6.26 Å². The molecule has 0 atom stereocenters. The number of hydrogen-bond acceptors (Lipinski definition) is 1. The second-order valence-electron chi connectivity index (χ2n) is 1.22. The predicted molar refractivity (Wildman–Crippen MR) is 23.4 cm³/mol. The Kier molecular flexibility index (Phi) is 0.675. The Morgan fingerprint density at radius 3 is 2.67 bits per heavy atom. The highest BCUT2D eigenvalue weighted by Crippen LogP contribution is 1.93. The zero-order valence-electron chi connectivity index (χ0n) is 3.64. The fraction of sp³-hybridized carbons (Fsp3) is 0.200. The van der Waals surface area contributed by atoms with Crippen LogP contribution in [0.1, 0.15) is 5.76 Å². The normalized spacial score (nSPS) is 8.83. The zero-order valence-corrected chi connectivity index (χ0v) is 3.64. The van der Waals surface area contributed by atoms with E-state index >= 15 is 0 Å². The SMILES string of the molecule is [13CH3]c1ccco1. The molecule has 1 heteroatoms. The second-order valence-corrected chi connectivity index (χ2v) is 1.22. The molecule has 1 aromatic rings. The lowest BCUT2D eigenvalue weighted by atomic mass is 10.6. The van der Waals surface area contributed by atoms with Crippen LogP contribution in [0, 0.1) is 6.92 Å². The van der Waals surface area contributed by atoms with Crippen LogP contribution in [0.25, 0.3) is 0 Å². The van der Waals surface area contributed by atoms with Crippen LogP contribution < -0.4 is 0 Å². The highest BCUT2D eigenvalue weighted by atomic mass is 16.3. The lowest BCUT2D eigenvalue weighted by Gasteiger charge is -1.69. The summed E-state index contributed by atoms with van der Waals surface area (Å²) in [6, 6.07) is 3.79. The Labute approximate surface area is 36.6 Å². The maximum Gasteiger partial charge on any atom is 0.100 e. The molecule has 0 spiro atoms. The molecule has 0 fully saturated rings. The Bertz CT molecular complexity index is 107. The van der Waals surface area contributed by atoms with E-state index in [9.17, 15) is 0 Å². The van der Waals surface area contributed by atoms with Crippen molar-refractivity contribution in [3.8, 4) is 0 Å². The molecule has 1 nitrogen and oxygen atoms in total. The molecule has 1 rings (SSSR count). The maximum absolute atomic E-state index is 4.83. The number of aryl methyl sites for hydroxylation is 1. The third kappa shape index (κ3) is 0.432. The average molecular weight is 83.1 g/mol. The lowest BCUT2D eigenvalue weighted by molar-refractivity contribution is 0.534. The van der Waals surface area contributed by atoms with Gasteiger partial charge in [0.1, 0.15) is 5.76 Å². The van der Waals surface area contributed by atoms with E-state index in [-0.39, 0.29) is 0 Å². The van der Waals surface area contributed by atoms with Crippen molar-refractivity contribution in [2.75, 3.05) is 0 Å². The number of furan rings is 1. The smallest absolute Gasteiger partial charge is 0.100 e. The van der Waals surface area contributed by atoms with Gasteiger partial charge in [0.05, 0.1) is 6.26 Å². The lowest BCUT2D eigenvalue weighted by Crippen LogP contribution is -1.48. The van der Waals surface area contributed by atoms with Crippen LogP contribution in [0.4, 0.5) is 0 Å². The quantitative estimate of drug-likeness (QED) is 0.434. The summed E-state index contributed by atoms with van der Waals surface area (Å²) in [5.74, 6) is 0.968. The van der Waals surface area contributed by atoms with Crippen molar-refractivity contribution in [1.29, 1.82) is 0 Å². The van der Waals surface area contributed by atoms with Crippen LogP contribution in [-0.4, -0.2) is 0 Å². The van der Waals surface area contributed by atoms with Crippen molar-refractivity contribution in [1.82, 2.24) is 0 Å². The first-order valence-electron chi connectivity index (χ1n) is 1.90. The standard InChI is InChI=1S/C5H6O/c1-5-3-2-4-6-5/h2-4H,1H3/i1+1. The van der Waals surface area contributed by atoms with Gasteiger partial charge in [-0.05, 0) is 19.1 Å². The minimum Gasteiger partial charge on any atom is -0.470 e. The van der Waals surface area contributed by atoms with Gasteiger partial charge in [0.15, 0.2) is 0 Å². The summed E-state index contributed by atoms with van der Waals surface area (Å²) in [6.45, 7) is 1.92. The van der Waals surface area contributed by atoms with Gasteiger partial charge in [-0.3, -0.25) is 0 Å². The zero-order chi connectivity index (χ0) is 4.41. The third-order valence-electron chi connectivity index (χ3n) is 0.663. The Morgan fingerprint density at radius 1 is 1.67 bits per heavy atom. The highest BCUT2D eigenvalue weighted by Gasteiger charge is 1.75. The first-order valence-corrected chi connectivity index (χ1v) is 1.90. The number of rotatable bonds is 0. The summed E-state index contributed by atoms with van der Waals surface area (Å²) in [4.78, 5) is 0. The van der Waals surface area contributed by atoms with Crippen LogP contribution in [0.15, 0.2) is 22.8 Å². The Morgan fingerprint density at radius 2 is 2.50 bits per heavy atom. The monoisotopic (exact) mass is 83.0 g/mol. The molecule has 0 radical (unpaired) electrons. The molecule has 0 aliphatic carbocycles. The molecule has 0 aliphatic heterocycles. The summed E-state index contributed by atoms with van der Waals surface area (Å²) in [6.07, 6.45) is 1.66. The molecule has 1 heterocycles. The molecule has 0 aromatic carbocycles. The highest BCUT2D eigenvalue weighted by molar-refractivity contribution is 4.93. The van der Waals surface area contributed by atoms with E-state index in [1.165, 1.54) is 0 Å². The first-order chi connectivity index (χ1) is 2.89. The van der Waals surface area contributed by atoms with E-state index in [4.69, 9.17) is 4.42 Å². The molecule has 0 N–H and O–H groups in total. The first kappa shape index (κ1) is 3.47. The van der Waals surface area contributed by atoms with E-state index in [1.807, 2.05) is 19.1 Å². The van der Waals surface area contributed by atoms with Gasteiger partial charge in [0.2, 0.25) is 0 Å². The molecule has 6 heavy (non-hydrogen) atoms. The average Bonchev–Trinajstić information content (AvgIpc) is 1.86. The molecular weight excluding hydrogens is 77.0 g/mol. The van der Waals surface area contributed by atoms with Gasteiger partial charge in [0, 0.05) is 0 Å². The minimum atomic E-state index is 0.968. The van der Waals surface area contributed by atoms with Crippen molar-refractivity contribution in [2.45, 2.75) is 6.92 Å². The summed E-state index contributed by atoms with van der Waals surface area (Å²) < 4.78 is 4.83. The summed E-state index contributed by atoms with van der Waals surface area (Å²) in [5.41, 5.74) is 0. The molecule has 32 valence electrons. The molecule has 1 aromatic heterocycles. The number of hydrogen-bond donors (Lipinski definition) is 0. The van der Waals surface area contributed by atoms with Crippen molar-refractivity contribution in [3.63, 3.8) is 0 Å². The van der Waals surface area contributed by atoms with Crippen molar-refractivity contribution in [3.05, 3.63) is 24.2 Å². The van der Waals surface area contributed by atoms with Gasteiger partial charge in [0.25, 0.3) is 0 Å². The third-order valence-corrected chi connectivity index (χ3v) is 0.663. The van der Waals surface area contributed by atoms with Crippen LogP contribution in [0.3, 0.4) is 0 Å². The van der Waals surface area contributed by atoms with Crippen molar-refractivity contribution < 1.29 is 4.42 Å². The molecule has 0 unspecified atom stereocenters. The predicted octanol–water partition coefficient (Wildman–Crippen LogP) is 1.59. The van der Waals surface area contributed by atoms with E-state index in [2.05, 4.69) is 0 Å². The Balaban J connectivity index is 3.05. The van der Waals surface area contributed by atoms with Gasteiger partial charge >= 0.3 is 0 Å². The van der Waals surface area contributed by atoms with E-state index in [0.717, 1.165) is 5.76 Å². The van der Waals surface area contributed by atoms with Crippen LogP contribution >= 0.6 is 0 Å². The Hall–Kier alpha value is -0.720. The van der Waals surface area contributed by atoms with Gasteiger partial charge in [-0.2, -0.15) is 0 Å². The molecule has 0 saturated carbocycles. The largest absolute Gasteiger partial charge is 0.470 e. The van der Waals surface area contributed by atoms with Crippen LogP contribution in [-0.2, 0) is 0 Å². The van der Waals surface area contributed by atoms with Gasteiger partial charge in [-0.1, -0.05) is 0 Å². The van der Waals surface area contributed by atoms with Crippen LogP contribution in [0.2, 0.25) is 0 Å². The maximum atomic E-state index is 4.83. The molecule has 0 saturated heterocycles. The fourth-order valence-electron chi connectivity index (χ4n) is 0.361. The van der Waals surface area contributed by atoms with Crippen LogP contribution in [0.5, 0.6) is 0 Å². The summed E-state index contributed by atoms with van der Waals surface area (Å²) in [5, 5.41) is 0. The summed E-state index contributed by atoms with van der Waals surface area (Å²) in [7, 11) is 0. The van der Waals surface area contributed by atoms with Gasteiger partial charge in [-0.15, -0.1) is 0 Å². The molecular formula is C5H6O. The second kappa shape index (κ2) is 1.17. The van der Waals surface area contributed by atoms with Crippen molar-refractivity contribution in [2.24, 2.45) is 0 Å². The van der Waals surface area contributed by atoms with Gasteiger partial charge in [-0.25, -0.2) is 0 Å². The van der Waals surface area contributed by atoms with Gasteiger partial charge < -0.3 is 4.42 Å². The molecule has 0 bridgehead atoms. The van der Waals surface area contributed by atoms with E-state index in [0.29, 0.717) is 0 Å². The molecule has 0 aliphatic rings. The topological polar surface area (TPSA) is 13.1 Å².